The Morgan fingerprint density at radius 3 is 1.53 bits per heavy atom. The van der Waals surface area contributed by atoms with E-state index in [2.05, 4.69) is 288 Å². The third-order valence-corrected chi connectivity index (χ3v) is 14.0. The standard InChI is InChI=1S/C65H45N3/c1-5-21-46(22-6-1)48-25-19-32-52(43-48)66(49-26-7-2-8-27-49)54-39-41-56-57-44-53(67(50-28-9-3-10-29-50)62-38-20-24-47-23-13-14-33-55(47)62)40-42-58(57)65(61(56)45-54)59-34-15-17-36-63(59)68(51-30-11-4-12-31-51)64-37-18-16-35-60(64)65/h1-45H. The highest BCUT2D eigenvalue weighted by molar-refractivity contribution is 6.01. The van der Waals surface area contributed by atoms with Crippen molar-refractivity contribution in [2.75, 3.05) is 14.7 Å². The summed E-state index contributed by atoms with van der Waals surface area (Å²) in [6, 6.07) is 99.9. The first-order valence-electron chi connectivity index (χ1n) is 23.4. The van der Waals surface area contributed by atoms with E-state index in [1.54, 1.807) is 0 Å². The molecule has 1 heterocycles. The monoisotopic (exact) mass is 867 g/mol. The summed E-state index contributed by atoms with van der Waals surface area (Å²) in [5.41, 5.74) is 19.3. The smallest absolute Gasteiger partial charge is 0.0755 e. The molecule has 320 valence electrons. The van der Waals surface area contributed by atoms with Crippen molar-refractivity contribution in [1.29, 1.82) is 0 Å². The van der Waals surface area contributed by atoms with Crippen molar-refractivity contribution in [3.63, 3.8) is 0 Å². The molecular formula is C65H45N3. The summed E-state index contributed by atoms with van der Waals surface area (Å²) in [6.45, 7) is 0. The van der Waals surface area contributed by atoms with Gasteiger partial charge in [0, 0.05) is 39.5 Å². The zero-order valence-electron chi connectivity index (χ0n) is 37.3. The minimum atomic E-state index is -0.664. The van der Waals surface area contributed by atoms with Gasteiger partial charge in [-0.25, -0.2) is 0 Å². The van der Waals surface area contributed by atoms with Gasteiger partial charge in [-0.05, 0) is 141 Å². The van der Waals surface area contributed by atoms with Crippen molar-refractivity contribution in [3.05, 3.63) is 295 Å². The third kappa shape index (κ3) is 6.21. The highest BCUT2D eigenvalue weighted by atomic mass is 15.2. The minimum Gasteiger partial charge on any atom is -0.310 e. The number of anilines is 9. The molecule has 0 saturated heterocycles. The maximum absolute atomic E-state index is 2.49. The van der Waals surface area contributed by atoms with E-state index in [0.717, 1.165) is 39.8 Å². The quantitative estimate of drug-likeness (QED) is 0.151. The van der Waals surface area contributed by atoms with Crippen LogP contribution >= 0.6 is 0 Å². The highest BCUT2D eigenvalue weighted by Gasteiger charge is 2.52. The predicted molar refractivity (Wildman–Crippen MR) is 284 cm³/mol. The molecule has 1 aliphatic heterocycles. The van der Waals surface area contributed by atoms with Crippen LogP contribution in [0, 0.1) is 0 Å². The normalized spacial score (nSPS) is 12.8. The first kappa shape index (κ1) is 39.4. The average molecular weight is 868 g/mol. The maximum atomic E-state index is 2.49. The number of para-hydroxylation sites is 5. The molecule has 1 aliphatic carbocycles. The molecule has 0 N–H and O–H groups in total. The lowest BCUT2D eigenvalue weighted by Gasteiger charge is -2.45. The summed E-state index contributed by atoms with van der Waals surface area (Å²) in [4.78, 5) is 7.30. The fourth-order valence-corrected chi connectivity index (χ4v) is 11.2. The Labute approximate surface area is 397 Å². The average Bonchev–Trinajstić information content (AvgIpc) is 3.69. The predicted octanol–water partition coefficient (Wildman–Crippen LogP) is 17.6. The fraction of sp³-hybridized carbons (Fsp3) is 0.0154. The lowest BCUT2D eigenvalue weighted by Crippen LogP contribution is -2.36. The summed E-state index contributed by atoms with van der Waals surface area (Å²) >= 11 is 0. The second-order valence-electron chi connectivity index (χ2n) is 17.7. The third-order valence-electron chi connectivity index (χ3n) is 14.0. The van der Waals surface area contributed by atoms with Gasteiger partial charge in [-0.3, -0.25) is 0 Å². The van der Waals surface area contributed by atoms with Crippen molar-refractivity contribution in [2.24, 2.45) is 0 Å². The van der Waals surface area contributed by atoms with Crippen LogP contribution in [0.2, 0.25) is 0 Å². The van der Waals surface area contributed by atoms with Crippen LogP contribution in [0.3, 0.4) is 0 Å². The van der Waals surface area contributed by atoms with Crippen molar-refractivity contribution >= 4 is 62.0 Å². The molecular weight excluding hydrogens is 823 g/mol. The number of fused-ring (bicyclic) bond motifs is 10. The van der Waals surface area contributed by atoms with Gasteiger partial charge in [0.15, 0.2) is 0 Å². The van der Waals surface area contributed by atoms with Crippen LogP contribution in [0.5, 0.6) is 0 Å². The first-order valence-corrected chi connectivity index (χ1v) is 23.4. The van der Waals surface area contributed by atoms with Gasteiger partial charge in [0.1, 0.15) is 0 Å². The second-order valence-corrected chi connectivity index (χ2v) is 17.7. The Morgan fingerprint density at radius 1 is 0.294 bits per heavy atom. The maximum Gasteiger partial charge on any atom is 0.0755 e. The Hall–Kier alpha value is -8.92. The summed E-state index contributed by atoms with van der Waals surface area (Å²) in [7, 11) is 0. The molecule has 11 aromatic carbocycles. The van der Waals surface area contributed by atoms with Gasteiger partial charge in [0.05, 0.1) is 22.5 Å². The molecule has 11 aromatic rings. The zero-order valence-corrected chi connectivity index (χ0v) is 37.3. The first-order chi connectivity index (χ1) is 33.8. The molecule has 3 heteroatoms. The molecule has 0 amide bonds. The Morgan fingerprint density at radius 2 is 0.809 bits per heavy atom. The van der Waals surface area contributed by atoms with Gasteiger partial charge in [-0.2, -0.15) is 0 Å². The van der Waals surface area contributed by atoms with Gasteiger partial charge in [-0.15, -0.1) is 0 Å². The molecule has 0 bridgehead atoms. The number of rotatable bonds is 8. The van der Waals surface area contributed by atoms with E-state index in [4.69, 9.17) is 0 Å². The molecule has 0 aromatic heterocycles. The van der Waals surface area contributed by atoms with Crippen LogP contribution in [0.4, 0.5) is 51.2 Å². The Bertz CT molecular complexity index is 3590. The van der Waals surface area contributed by atoms with Crippen LogP contribution < -0.4 is 14.7 Å². The van der Waals surface area contributed by atoms with Gasteiger partial charge in [-0.1, -0.05) is 182 Å². The highest BCUT2D eigenvalue weighted by Crippen LogP contribution is 2.64. The molecule has 0 radical (unpaired) electrons. The molecule has 0 atom stereocenters. The number of hydrogen-bond acceptors (Lipinski definition) is 3. The van der Waals surface area contributed by atoms with E-state index < -0.39 is 5.41 Å². The molecule has 13 rings (SSSR count). The minimum absolute atomic E-state index is 0.664. The van der Waals surface area contributed by atoms with Gasteiger partial charge >= 0.3 is 0 Å². The van der Waals surface area contributed by atoms with Crippen molar-refractivity contribution in [1.82, 2.24) is 0 Å². The zero-order chi connectivity index (χ0) is 45.0. The van der Waals surface area contributed by atoms with Crippen LogP contribution in [0.1, 0.15) is 22.3 Å². The molecule has 0 fully saturated rings. The lowest BCUT2D eigenvalue weighted by atomic mass is 9.64. The number of hydrogen-bond donors (Lipinski definition) is 0. The Kier molecular flexibility index (Phi) is 9.40. The SMILES string of the molecule is c1ccc(-c2cccc(N(c3ccccc3)c3ccc4c(c3)C3(c5ccc(N(c6ccccc6)c6cccc7ccccc67)cc5-4)c4ccccc4N(c4ccccc4)c4ccccc43)c2)cc1. The van der Waals surface area contributed by atoms with Crippen molar-refractivity contribution in [3.8, 4) is 22.3 Å². The number of nitrogens with zero attached hydrogens (tertiary/aromatic N) is 3. The van der Waals surface area contributed by atoms with Crippen molar-refractivity contribution < 1.29 is 0 Å². The van der Waals surface area contributed by atoms with E-state index in [1.807, 2.05) is 0 Å². The summed E-state index contributed by atoms with van der Waals surface area (Å²) in [5.74, 6) is 0. The summed E-state index contributed by atoms with van der Waals surface area (Å²) < 4.78 is 0. The molecule has 2 aliphatic rings. The summed E-state index contributed by atoms with van der Waals surface area (Å²) in [5, 5.41) is 2.41. The largest absolute Gasteiger partial charge is 0.310 e. The van der Waals surface area contributed by atoms with E-state index >= 15 is 0 Å². The van der Waals surface area contributed by atoms with Crippen LogP contribution in [-0.4, -0.2) is 0 Å². The van der Waals surface area contributed by atoms with Crippen molar-refractivity contribution in [2.45, 2.75) is 5.41 Å². The van der Waals surface area contributed by atoms with Gasteiger partial charge in [0.25, 0.3) is 0 Å². The van der Waals surface area contributed by atoms with Crippen LogP contribution in [-0.2, 0) is 5.41 Å². The molecule has 0 saturated carbocycles. The molecule has 68 heavy (non-hydrogen) atoms. The fourth-order valence-electron chi connectivity index (χ4n) is 11.2. The van der Waals surface area contributed by atoms with E-state index in [-0.39, 0.29) is 0 Å². The van der Waals surface area contributed by atoms with Crippen LogP contribution in [0.15, 0.2) is 273 Å². The van der Waals surface area contributed by atoms with Gasteiger partial charge < -0.3 is 14.7 Å². The van der Waals surface area contributed by atoms with Gasteiger partial charge in [0.2, 0.25) is 0 Å². The molecule has 3 nitrogen and oxygen atoms in total. The number of benzene rings is 11. The lowest BCUT2D eigenvalue weighted by molar-refractivity contribution is 0.752. The molecule has 1 spiro atoms. The Balaban J connectivity index is 1.09. The van der Waals surface area contributed by atoms with E-state index in [1.165, 1.54) is 66.7 Å². The molecule has 0 unspecified atom stereocenters. The second kappa shape index (κ2) is 16.2. The van der Waals surface area contributed by atoms with E-state index in [0.29, 0.717) is 0 Å². The topological polar surface area (TPSA) is 9.72 Å². The van der Waals surface area contributed by atoms with E-state index in [9.17, 15) is 0 Å². The van der Waals surface area contributed by atoms with Crippen LogP contribution in [0.25, 0.3) is 33.0 Å². The summed E-state index contributed by atoms with van der Waals surface area (Å²) in [6.07, 6.45) is 0.